The van der Waals surface area contributed by atoms with Crippen molar-refractivity contribution in [1.29, 1.82) is 0 Å². The molecule has 19 heavy (non-hydrogen) atoms. The van der Waals surface area contributed by atoms with E-state index in [-0.39, 0.29) is 11.7 Å². The number of hydrogen-bond acceptors (Lipinski definition) is 3. The third-order valence-corrected chi connectivity index (χ3v) is 3.24. The summed E-state index contributed by atoms with van der Waals surface area (Å²) in [7, 11) is 0. The van der Waals surface area contributed by atoms with Crippen molar-refractivity contribution >= 4 is 11.9 Å². The van der Waals surface area contributed by atoms with Crippen LogP contribution in [0, 0.1) is 5.92 Å². The molecule has 1 heterocycles. The first-order valence-electron chi connectivity index (χ1n) is 6.56. The molecular formula is C13H19N3O3. The summed E-state index contributed by atoms with van der Waals surface area (Å²) >= 11 is 0. The van der Waals surface area contributed by atoms with Gasteiger partial charge in [-0.05, 0) is 32.3 Å². The summed E-state index contributed by atoms with van der Waals surface area (Å²) in [5, 5.41) is 15.8. The molecule has 1 saturated carbocycles. The fourth-order valence-electron chi connectivity index (χ4n) is 1.89. The Kier molecular flexibility index (Phi) is 3.87. The summed E-state index contributed by atoms with van der Waals surface area (Å²) < 4.78 is 1.67. The molecule has 0 bridgehead atoms. The molecule has 0 spiro atoms. The molecule has 1 aliphatic carbocycles. The molecule has 1 aliphatic rings. The number of aromatic nitrogens is 2. The second-order valence-electron chi connectivity index (χ2n) is 5.32. The molecule has 1 aromatic heterocycles. The van der Waals surface area contributed by atoms with Gasteiger partial charge in [0, 0.05) is 12.2 Å². The summed E-state index contributed by atoms with van der Waals surface area (Å²) in [6, 6.07) is 0.957. The maximum absolute atomic E-state index is 11.9. The first-order valence-corrected chi connectivity index (χ1v) is 6.56. The van der Waals surface area contributed by atoms with Gasteiger partial charge < -0.3 is 10.4 Å². The van der Waals surface area contributed by atoms with Crippen LogP contribution in [0.25, 0.3) is 0 Å². The average molecular weight is 265 g/mol. The minimum atomic E-state index is -0.983. The molecule has 2 rings (SSSR count). The van der Waals surface area contributed by atoms with Crippen LogP contribution in [-0.2, 0) is 4.79 Å². The van der Waals surface area contributed by atoms with E-state index in [4.69, 9.17) is 5.11 Å². The molecule has 1 atom stereocenters. The van der Waals surface area contributed by atoms with Gasteiger partial charge in [0.05, 0.1) is 0 Å². The first kappa shape index (κ1) is 13.6. The lowest BCUT2D eigenvalue weighted by Crippen LogP contribution is -2.41. The molecule has 1 amide bonds. The second-order valence-corrected chi connectivity index (χ2v) is 5.32. The van der Waals surface area contributed by atoms with Crippen LogP contribution in [0.15, 0.2) is 12.3 Å². The second kappa shape index (κ2) is 5.42. The van der Waals surface area contributed by atoms with Gasteiger partial charge >= 0.3 is 5.97 Å². The molecule has 1 aromatic rings. The Morgan fingerprint density at radius 2 is 2.21 bits per heavy atom. The number of amides is 1. The van der Waals surface area contributed by atoms with E-state index in [1.807, 2.05) is 13.8 Å². The Balaban J connectivity index is 1.98. The highest BCUT2D eigenvalue weighted by Gasteiger charge is 2.30. The van der Waals surface area contributed by atoms with Gasteiger partial charge in [0.1, 0.15) is 11.7 Å². The van der Waals surface area contributed by atoms with Gasteiger partial charge in [-0.3, -0.25) is 9.48 Å². The van der Waals surface area contributed by atoms with E-state index in [0.717, 1.165) is 12.8 Å². The predicted octanol–water partition coefficient (Wildman–Crippen LogP) is 1.45. The largest absolute Gasteiger partial charge is 0.480 e. The molecule has 0 saturated heterocycles. The average Bonchev–Trinajstić information content (AvgIpc) is 3.01. The molecule has 1 fully saturated rings. The van der Waals surface area contributed by atoms with Crippen molar-refractivity contribution in [2.24, 2.45) is 5.92 Å². The minimum Gasteiger partial charge on any atom is -0.480 e. The van der Waals surface area contributed by atoms with Crippen LogP contribution in [0.5, 0.6) is 0 Å². The lowest BCUT2D eigenvalue weighted by atomic mass is 10.1. The third kappa shape index (κ3) is 3.56. The summed E-state index contributed by atoms with van der Waals surface area (Å²) in [5.41, 5.74) is 0.260. The van der Waals surface area contributed by atoms with Gasteiger partial charge in [-0.1, -0.05) is 12.8 Å². The number of carboxylic acids is 1. The third-order valence-electron chi connectivity index (χ3n) is 3.24. The summed E-state index contributed by atoms with van der Waals surface area (Å²) in [6.07, 6.45) is 4.34. The molecule has 0 aliphatic heterocycles. The van der Waals surface area contributed by atoms with Crippen LogP contribution in [-0.4, -0.2) is 32.8 Å². The Morgan fingerprint density at radius 1 is 1.53 bits per heavy atom. The van der Waals surface area contributed by atoms with E-state index in [0.29, 0.717) is 12.3 Å². The first-order chi connectivity index (χ1) is 8.97. The maximum atomic E-state index is 11.9. The molecule has 6 heteroatoms. The SMILES string of the molecule is CC(C)n1ccc(C(=O)NC(CC2CC2)C(=O)O)n1. The minimum absolute atomic E-state index is 0.170. The Bertz CT molecular complexity index is 477. The fraction of sp³-hybridized carbons (Fsp3) is 0.615. The molecule has 104 valence electrons. The van der Waals surface area contributed by atoms with Crippen molar-refractivity contribution in [1.82, 2.24) is 15.1 Å². The van der Waals surface area contributed by atoms with E-state index in [9.17, 15) is 9.59 Å². The van der Waals surface area contributed by atoms with Gasteiger partial charge in [-0.2, -0.15) is 5.10 Å². The van der Waals surface area contributed by atoms with Crippen LogP contribution in [0.1, 0.15) is 49.6 Å². The van der Waals surface area contributed by atoms with Crippen LogP contribution in [0.2, 0.25) is 0 Å². The zero-order valence-electron chi connectivity index (χ0n) is 11.2. The maximum Gasteiger partial charge on any atom is 0.326 e. The summed E-state index contributed by atoms with van der Waals surface area (Å²) in [4.78, 5) is 23.0. The van der Waals surface area contributed by atoms with Gasteiger partial charge in [0.25, 0.3) is 5.91 Å². The Labute approximate surface area is 111 Å². The molecule has 2 N–H and O–H groups in total. The van der Waals surface area contributed by atoms with E-state index >= 15 is 0 Å². The van der Waals surface area contributed by atoms with Gasteiger partial charge in [0.2, 0.25) is 0 Å². The molecule has 0 radical (unpaired) electrons. The van der Waals surface area contributed by atoms with Crippen LogP contribution in [0.4, 0.5) is 0 Å². The molecule has 1 unspecified atom stereocenters. The van der Waals surface area contributed by atoms with Crippen molar-refractivity contribution in [3.8, 4) is 0 Å². The number of carboxylic acid groups (broad SMARTS) is 1. The lowest BCUT2D eigenvalue weighted by molar-refractivity contribution is -0.139. The zero-order chi connectivity index (χ0) is 14.0. The van der Waals surface area contributed by atoms with E-state index in [1.54, 1.807) is 16.9 Å². The quantitative estimate of drug-likeness (QED) is 0.815. The number of hydrogen-bond donors (Lipinski definition) is 2. The molecule has 6 nitrogen and oxygen atoms in total. The smallest absolute Gasteiger partial charge is 0.326 e. The highest BCUT2D eigenvalue weighted by Crippen LogP contribution is 2.33. The predicted molar refractivity (Wildman–Crippen MR) is 68.8 cm³/mol. The summed E-state index contributed by atoms with van der Waals surface area (Å²) in [5.74, 6) is -0.967. The van der Waals surface area contributed by atoms with Crippen molar-refractivity contribution in [3.05, 3.63) is 18.0 Å². The zero-order valence-corrected chi connectivity index (χ0v) is 11.2. The van der Waals surface area contributed by atoms with Gasteiger partial charge in [-0.15, -0.1) is 0 Å². The number of carbonyl (C=O) groups is 2. The summed E-state index contributed by atoms with van der Waals surface area (Å²) in [6.45, 7) is 3.92. The van der Waals surface area contributed by atoms with Gasteiger partial charge in [-0.25, -0.2) is 4.79 Å². The normalized spacial score (nSPS) is 16.4. The highest BCUT2D eigenvalue weighted by molar-refractivity contribution is 5.94. The standard InChI is InChI=1S/C13H19N3O3/c1-8(2)16-6-5-10(15-16)12(17)14-11(13(18)19)7-9-3-4-9/h5-6,8-9,11H,3-4,7H2,1-2H3,(H,14,17)(H,18,19). The Morgan fingerprint density at radius 3 is 2.68 bits per heavy atom. The van der Waals surface area contributed by atoms with Crippen molar-refractivity contribution in [3.63, 3.8) is 0 Å². The van der Waals surface area contributed by atoms with Crippen molar-refractivity contribution in [2.75, 3.05) is 0 Å². The Hall–Kier alpha value is -1.85. The van der Waals surface area contributed by atoms with E-state index in [2.05, 4.69) is 10.4 Å². The van der Waals surface area contributed by atoms with Crippen LogP contribution < -0.4 is 5.32 Å². The monoisotopic (exact) mass is 265 g/mol. The number of rotatable bonds is 6. The van der Waals surface area contributed by atoms with Crippen LogP contribution >= 0.6 is 0 Å². The number of aliphatic carboxylic acids is 1. The van der Waals surface area contributed by atoms with E-state index < -0.39 is 17.9 Å². The van der Waals surface area contributed by atoms with Gasteiger partial charge in [0.15, 0.2) is 0 Å². The molecule has 0 aromatic carbocycles. The number of nitrogens with one attached hydrogen (secondary N) is 1. The molecular weight excluding hydrogens is 246 g/mol. The number of carbonyl (C=O) groups excluding carboxylic acids is 1. The fourth-order valence-corrected chi connectivity index (χ4v) is 1.89. The number of nitrogens with zero attached hydrogens (tertiary/aromatic N) is 2. The topological polar surface area (TPSA) is 84.2 Å². The van der Waals surface area contributed by atoms with E-state index in [1.165, 1.54) is 0 Å². The van der Waals surface area contributed by atoms with Crippen LogP contribution in [0.3, 0.4) is 0 Å². The highest BCUT2D eigenvalue weighted by atomic mass is 16.4. The van der Waals surface area contributed by atoms with Crippen molar-refractivity contribution < 1.29 is 14.7 Å². The lowest BCUT2D eigenvalue weighted by Gasteiger charge is -2.13. The van der Waals surface area contributed by atoms with Crippen molar-refractivity contribution in [2.45, 2.75) is 45.2 Å².